The van der Waals surface area contributed by atoms with Gasteiger partial charge in [-0.1, -0.05) is 0 Å². The van der Waals surface area contributed by atoms with Gasteiger partial charge in [0.05, 0.1) is 4.47 Å². The normalized spacial score (nSPS) is 29.6. The molecular weight excluding hydrogens is 232 g/mol. The van der Waals surface area contributed by atoms with E-state index in [1.165, 1.54) is 5.56 Å². The molecule has 0 amide bonds. The van der Waals surface area contributed by atoms with Crippen molar-refractivity contribution in [3.05, 3.63) is 22.4 Å². The molecule has 1 N–H and O–H groups in total. The summed E-state index contributed by atoms with van der Waals surface area (Å²) in [7, 11) is 0. The van der Waals surface area contributed by atoms with Crippen molar-refractivity contribution >= 4 is 15.9 Å². The predicted molar refractivity (Wildman–Crippen MR) is 51.7 cm³/mol. The monoisotopic (exact) mass is 240 g/mol. The second-order valence-electron chi connectivity index (χ2n) is 3.48. The van der Waals surface area contributed by atoms with Gasteiger partial charge in [0.1, 0.15) is 11.9 Å². The number of pyridine rings is 1. The molecule has 0 spiro atoms. The number of ether oxygens (including phenoxy) is 1. The summed E-state index contributed by atoms with van der Waals surface area (Å²) >= 11 is 3.45. The Morgan fingerprint density at radius 1 is 1.54 bits per heavy atom. The predicted octanol–water partition coefficient (Wildman–Crippen LogP) is 1.64. The minimum Gasteiger partial charge on any atom is -0.487 e. The molecule has 3 rings (SSSR count). The number of halogens is 1. The summed E-state index contributed by atoms with van der Waals surface area (Å²) in [5, 5.41) is 3.42. The van der Waals surface area contributed by atoms with E-state index in [9.17, 15) is 0 Å². The van der Waals surface area contributed by atoms with Crippen LogP contribution in [0.15, 0.2) is 16.9 Å². The quantitative estimate of drug-likeness (QED) is 0.749. The first-order valence-corrected chi connectivity index (χ1v) is 5.17. The van der Waals surface area contributed by atoms with Crippen LogP contribution in [0.2, 0.25) is 0 Å². The highest BCUT2D eigenvalue weighted by Crippen LogP contribution is 2.41. The molecule has 2 atom stereocenters. The van der Waals surface area contributed by atoms with Crippen LogP contribution in [0.5, 0.6) is 5.75 Å². The van der Waals surface area contributed by atoms with Crippen LogP contribution in [0.4, 0.5) is 0 Å². The lowest BCUT2D eigenvalue weighted by Crippen LogP contribution is -2.20. The molecular formula is C9H9BrN2O. The van der Waals surface area contributed by atoms with E-state index in [0.29, 0.717) is 12.1 Å². The third-order valence-corrected chi connectivity index (χ3v) is 3.20. The van der Waals surface area contributed by atoms with E-state index in [-0.39, 0.29) is 0 Å². The van der Waals surface area contributed by atoms with Gasteiger partial charge in [-0.05, 0) is 15.9 Å². The highest BCUT2D eigenvalue weighted by molar-refractivity contribution is 9.10. The summed E-state index contributed by atoms with van der Waals surface area (Å²) in [6.07, 6.45) is 5.09. The van der Waals surface area contributed by atoms with Gasteiger partial charge in [0.2, 0.25) is 0 Å². The van der Waals surface area contributed by atoms with Crippen molar-refractivity contribution in [3.63, 3.8) is 0 Å². The number of fused-ring (bicyclic) bond motifs is 4. The Bertz CT molecular complexity index is 355. The van der Waals surface area contributed by atoms with E-state index in [0.717, 1.165) is 23.2 Å². The maximum atomic E-state index is 5.80. The van der Waals surface area contributed by atoms with E-state index in [2.05, 4.69) is 26.2 Å². The van der Waals surface area contributed by atoms with Crippen molar-refractivity contribution in [2.75, 3.05) is 6.54 Å². The molecule has 2 aliphatic rings. The molecule has 2 bridgehead atoms. The van der Waals surface area contributed by atoms with E-state index in [4.69, 9.17) is 4.74 Å². The van der Waals surface area contributed by atoms with Crippen LogP contribution in [-0.2, 0) is 0 Å². The van der Waals surface area contributed by atoms with Crippen LogP contribution in [0.25, 0.3) is 0 Å². The largest absolute Gasteiger partial charge is 0.487 e. The number of nitrogens with one attached hydrogen (secondary N) is 1. The third-order valence-electron chi connectivity index (χ3n) is 2.63. The number of hydrogen-bond donors (Lipinski definition) is 1. The SMILES string of the molecule is Brc1cncc2c1O[C@@H]1CN[C@H]2C1. The van der Waals surface area contributed by atoms with Crippen LogP contribution in [0.1, 0.15) is 18.0 Å². The van der Waals surface area contributed by atoms with Crippen LogP contribution in [-0.4, -0.2) is 17.6 Å². The molecule has 1 aromatic heterocycles. The Labute approximate surface area is 84.6 Å². The van der Waals surface area contributed by atoms with E-state index >= 15 is 0 Å². The first-order valence-electron chi connectivity index (χ1n) is 4.38. The van der Waals surface area contributed by atoms with Gasteiger partial charge in [0.15, 0.2) is 0 Å². The van der Waals surface area contributed by atoms with Gasteiger partial charge in [-0.25, -0.2) is 0 Å². The molecule has 4 heteroatoms. The summed E-state index contributed by atoms with van der Waals surface area (Å²) in [6, 6.07) is 0.443. The summed E-state index contributed by atoms with van der Waals surface area (Å²) in [4.78, 5) is 4.15. The van der Waals surface area contributed by atoms with Gasteiger partial charge < -0.3 is 10.1 Å². The van der Waals surface area contributed by atoms with Gasteiger partial charge in [-0.3, -0.25) is 4.98 Å². The zero-order valence-electron chi connectivity index (χ0n) is 6.96. The lowest BCUT2D eigenvalue weighted by molar-refractivity contribution is 0.203. The Morgan fingerprint density at radius 2 is 2.46 bits per heavy atom. The minimum absolute atomic E-state index is 0.344. The molecule has 0 unspecified atom stereocenters. The van der Waals surface area contributed by atoms with Gasteiger partial charge in [0, 0.05) is 37.0 Å². The first kappa shape index (κ1) is 7.76. The molecule has 68 valence electrons. The minimum atomic E-state index is 0.344. The zero-order chi connectivity index (χ0) is 8.84. The molecule has 1 fully saturated rings. The van der Waals surface area contributed by atoms with Crippen LogP contribution < -0.4 is 10.1 Å². The molecule has 0 aliphatic carbocycles. The summed E-state index contributed by atoms with van der Waals surface area (Å²) in [5.74, 6) is 0.973. The summed E-state index contributed by atoms with van der Waals surface area (Å²) < 4.78 is 6.77. The first-order chi connectivity index (χ1) is 6.34. The Balaban J connectivity index is 2.16. The van der Waals surface area contributed by atoms with Crippen LogP contribution in [0.3, 0.4) is 0 Å². The number of nitrogens with zero attached hydrogens (tertiary/aromatic N) is 1. The highest BCUT2D eigenvalue weighted by Gasteiger charge is 2.35. The van der Waals surface area contributed by atoms with E-state index in [1.54, 1.807) is 6.20 Å². The van der Waals surface area contributed by atoms with E-state index < -0.39 is 0 Å². The van der Waals surface area contributed by atoms with Crippen molar-refractivity contribution < 1.29 is 4.74 Å². The standard InChI is InChI=1S/C9H9BrN2O/c10-7-4-11-3-6-8-1-5(2-12-8)13-9(6)7/h3-5,8,12H,1-2H2/t5-,8-/m0/s1. The third kappa shape index (κ3) is 1.09. The van der Waals surface area contributed by atoms with Gasteiger partial charge in [-0.15, -0.1) is 0 Å². The molecule has 1 aromatic rings. The van der Waals surface area contributed by atoms with Gasteiger partial charge >= 0.3 is 0 Å². The fourth-order valence-corrected chi connectivity index (χ4v) is 2.45. The fraction of sp³-hybridized carbons (Fsp3) is 0.444. The lowest BCUT2D eigenvalue weighted by Gasteiger charge is -2.23. The molecule has 1 saturated heterocycles. The molecule has 3 nitrogen and oxygen atoms in total. The zero-order valence-corrected chi connectivity index (χ0v) is 8.54. The van der Waals surface area contributed by atoms with Crippen LogP contribution >= 0.6 is 15.9 Å². The topological polar surface area (TPSA) is 34.1 Å². The molecule has 2 aliphatic heterocycles. The average molecular weight is 241 g/mol. The number of aromatic nitrogens is 1. The molecule has 3 heterocycles. The van der Waals surface area contributed by atoms with Crippen LogP contribution in [0, 0.1) is 0 Å². The molecule has 13 heavy (non-hydrogen) atoms. The highest BCUT2D eigenvalue weighted by atomic mass is 79.9. The molecule has 0 saturated carbocycles. The van der Waals surface area contributed by atoms with Crippen molar-refractivity contribution in [2.24, 2.45) is 0 Å². The van der Waals surface area contributed by atoms with Crippen molar-refractivity contribution in [3.8, 4) is 5.75 Å². The smallest absolute Gasteiger partial charge is 0.141 e. The van der Waals surface area contributed by atoms with Crippen molar-refractivity contribution in [2.45, 2.75) is 18.6 Å². The van der Waals surface area contributed by atoms with Gasteiger partial charge in [-0.2, -0.15) is 0 Å². The second-order valence-corrected chi connectivity index (χ2v) is 4.33. The molecule has 0 aromatic carbocycles. The van der Waals surface area contributed by atoms with Gasteiger partial charge in [0.25, 0.3) is 0 Å². The Morgan fingerprint density at radius 3 is 3.38 bits per heavy atom. The number of hydrogen-bond acceptors (Lipinski definition) is 3. The number of rotatable bonds is 0. The average Bonchev–Trinajstić information content (AvgIpc) is 2.51. The Kier molecular flexibility index (Phi) is 1.60. The van der Waals surface area contributed by atoms with E-state index in [1.807, 2.05) is 6.20 Å². The van der Waals surface area contributed by atoms with Crippen molar-refractivity contribution in [1.29, 1.82) is 0 Å². The summed E-state index contributed by atoms with van der Waals surface area (Å²) in [5.41, 5.74) is 1.18. The fourth-order valence-electron chi connectivity index (χ4n) is 2.01. The maximum Gasteiger partial charge on any atom is 0.141 e. The molecule has 0 radical (unpaired) electrons. The summed E-state index contributed by atoms with van der Waals surface area (Å²) in [6.45, 7) is 0.950. The Hall–Kier alpha value is -0.610. The second kappa shape index (κ2) is 2.69. The maximum absolute atomic E-state index is 5.80. The van der Waals surface area contributed by atoms with Crippen molar-refractivity contribution in [1.82, 2.24) is 10.3 Å². The lowest BCUT2D eigenvalue weighted by atomic mass is 10.0.